The van der Waals surface area contributed by atoms with Crippen molar-refractivity contribution in [2.24, 2.45) is 5.73 Å². The van der Waals surface area contributed by atoms with Crippen molar-refractivity contribution in [2.45, 2.75) is 12.5 Å². The molecule has 1 atom stereocenters. The third-order valence-corrected chi connectivity index (χ3v) is 1.89. The Morgan fingerprint density at radius 3 is 2.79 bits per heavy atom. The van der Waals surface area contributed by atoms with E-state index in [-0.39, 0.29) is 6.54 Å². The van der Waals surface area contributed by atoms with Gasteiger partial charge in [0.2, 0.25) is 0 Å². The van der Waals surface area contributed by atoms with Crippen molar-refractivity contribution in [3.63, 3.8) is 0 Å². The minimum Gasteiger partial charge on any atom is -0.390 e. The Bertz CT molecular complexity index is 170. The van der Waals surface area contributed by atoms with Crippen LogP contribution in [0.5, 0.6) is 0 Å². The van der Waals surface area contributed by atoms with Crippen molar-refractivity contribution in [2.75, 3.05) is 39.9 Å². The van der Waals surface area contributed by atoms with Gasteiger partial charge >= 0.3 is 0 Å². The Labute approximate surface area is 85.1 Å². The van der Waals surface area contributed by atoms with E-state index in [9.17, 15) is 5.11 Å². The zero-order valence-corrected chi connectivity index (χ0v) is 8.65. The van der Waals surface area contributed by atoms with Crippen molar-refractivity contribution in [3.8, 4) is 6.07 Å². The zero-order valence-electron chi connectivity index (χ0n) is 8.65. The summed E-state index contributed by atoms with van der Waals surface area (Å²) in [6.45, 7) is 2.71. The minimum atomic E-state index is -0.523. The summed E-state index contributed by atoms with van der Waals surface area (Å²) in [5, 5.41) is 17.8. The van der Waals surface area contributed by atoms with Gasteiger partial charge in [-0.15, -0.1) is 0 Å². The van der Waals surface area contributed by atoms with E-state index in [1.54, 1.807) is 7.11 Å². The second-order valence-electron chi connectivity index (χ2n) is 3.09. The number of nitrogens with two attached hydrogens (primary N) is 1. The Balaban J connectivity index is 3.78. The maximum atomic E-state index is 9.34. The molecule has 0 aromatic heterocycles. The standard InChI is InChI=1S/C9H19N3O2/c1-14-6-5-12(4-2-3-10)8-9(13)7-11/h9,13H,2,4-8,11H2,1H3. The highest BCUT2D eigenvalue weighted by molar-refractivity contribution is 4.74. The first-order valence-corrected chi connectivity index (χ1v) is 4.71. The molecule has 0 aliphatic rings. The molecule has 0 aromatic rings. The summed E-state index contributed by atoms with van der Waals surface area (Å²) in [6, 6.07) is 2.07. The fraction of sp³-hybridized carbons (Fsp3) is 0.889. The number of hydrogen-bond acceptors (Lipinski definition) is 5. The summed E-state index contributed by atoms with van der Waals surface area (Å²) < 4.78 is 4.93. The molecule has 0 bridgehead atoms. The maximum Gasteiger partial charge on any atom is 0.0789 e. The van der Waals surface area contributed by atoms with Gasteiger partial charge in [-0.05, 0) is 0 Å². The molecule has 0 amide bonds. The van der Waals surface area contributed by atoms with Crippen molar-refractivity contribution >= 4 is 0 Å². The van der Waals surface area contributed by atoms with Gasteiger partial charge in [0.15, 0.2) is 0 Å². The zero-order chi connectivity index (χ0) is 10.8. The van der Waals surface area contributed by atoms with E-state index >= 15 is 0 Å². The first kappa shape index (κ1) is 13.3. The van der Waals surface area contributed by atoms with E-state index in [0.29, 0.717) is 26.1 Å². The van der Waals surface area contributed by atoms with Gasteiger partial charge in [-0.25, -0.2) is 0 Å². The number of nitriles is 1. The second-order valence-corrected chi connectivity index (χ2v) is 3.09. The lowest BCUT2D eigenvalue weighted by Gasteiger charge is -2.22. The molecule has 5 nitrogen and oxygen atoms in total. The number of ether oxygens (including phenoxy) is 1. The Morgan fingerprint density at radius 1 is 1.57 bits per heavy atom. The van der Waals surface area contributed by atoms with Crippen molar-refractivity contribution in [1.29, 1.82) is 5.26 Å². The molecule has 14 heavy (non-hydrogen) atoms. The second kappa shape index (κ2) is 8.91. The molecular weight excluding hydrogens is 182 g/mol. The average molecular weight is 201 g/mol. The van der Waals surface area contributed by atoms with Crippen LogP contribution >= 0.6 is 0 Å². The van der Waals surface area contributed by atoms with E-state index in [1.807, 2.05) is 4.90 Å². The summed E-state index contributed by atoms with van der Waals surface area (Å²) in [7, 11) is 1.63. The van der Waals surface area contributed by atoms with E-state index in [4.69, 9.17) is 15.7 Å². The molecule has 0 spiro atoms. The van der Waals surface area contributed by atoms with Gasteiger partial charge in [0.05, 0.1) is 18.8 Å². The van der Waals surface area contributed by atoms with Crippen LogP contribution in [0, 0.1) is 11.3 Å². The monoisotopic (exact) mass is 201 g/mol. The van der Waals surface area contributed by atoms with Crippen LogP contribution in [0.3, 0.4) is 0 Å². The molecule has 0 radical (unpaired) electrons. The highest BCUT2D eigenvalue weighted by Crippen LogP contribution is 1.94. The predicted octanol–water partition coefficient (Wildman–Crippen LogP) is -0.832. The predicted molar refractivity (Wildman–Crippen MR) is 53.6 cm³/mol. The normalized spacial score (nSPS) is 12.8. The van der Waals surface area contributed by atoms with Crippen molar-refractivity contribution < 1.29 is 9.84 Å². The molecule has 0 rings (SSSR count). The number of hydrogen-bond donors (Lipinski definition) is 2. The molecule has 0 saturated carbocycles. The van der Waals surface area contributed by atoms with Crippen LogP contribution in [0.4, 0.5) is 0 Å². The summed E-state index contributed by atoms with van der Waals surface area (Å²) in [4.78, 5) is 1.98. The van der Waals surface area contributed by atoms with E-state index < -0.39 is 6.10 Å². The molecule has 1 unspecified atom stereocenters. The van der Waals surface area contributed by atoms with E-state index in [1.165, 1.54) is 0 Å². The lowest BCUT2D eigenvalue weighted by Crippen LogP contribution is -2.38. The SMILES string of the molecule is COCCN(CCC#N)CC(O)CN. The largest absolute Gasteiger partial charge is 0.390 e. The molecule has 0 aliphatic carbocycles. The molecular formula is C9H19N3O2. The average Bonchev–Trinajstić information content (AvgIpc) is 2.21. The van der Waals surface area contributed by atoms with Crippen LogP contribution in [-0.2, 0) is 4.74 Å². The Kier molecular flexibility index (Phi) is 8.48. The molecule has 3 N–H and O–H groups in total. The first-order valence-electron chi connectivity index (χ1n) is 4.71. The number of methoxy groups -OCH3 is 1. The third kappa shape index (κ3) is 6.80. The number of rotatable bonds is 8. The molecule has 5 heteroatoms. The van der Waals surface area contributed by atoms with Crippen LogP contribution in [0.2, 0.25) is 0 Å². The van der Waals surface area contributed by atoms with Gasteiger partial charge in [-0.2, -0.15) is 5.26 Å². The lowest BCUT2D eigenvalue weighted by atomic mass is 10.3. The number of aliphatic hydroxyl groups is 1. The fourth-order valence-corrected chi connectivity index (χ4v) is 1.10. The summed E-state index contributed by atoms with van der Waals surface area (Å²) in [5.74, 6) is 0. The highest BCUT2D eigenvalue weighted by atomic mass is 16.5. The van der Waals surface area contributed by atoms with Gasteiger partial charge in [0, 0.05) is 39.7 Å². The van der Waals surface area contributed by atoms with Gasteiger partial charge < -0.3 is 15.6 Å². The maximum absolute atomic E-state index is 9.34. The number of aliphatic hydroxyl groups excluding tert-OH is 1. The van der Waals surface area contributed by atoms with E-state index in [0.717, 1.165) is 6.54 Å². The summed E-state index contributed by atoms with van der Waals surface area (Å²) in [6.07, 6.45) is -0.0633. The Morgan fingerprint density at radius 2 is 2.29 bits per heavy atom. The van der Waals surface area contributed by atoms with Crippen molar-refractivity contribution in [3.05, 3.63) is 0 Å². The minimum absolute atomic E-state index is 0.246. The fourth-order valence-electron chi connectivity index (χ4n) is 1.10. The lowest BCUT2D eigenvalue weighted by molar-refractivity contribution is 0.0943. The topological polar surface area (TPSA) is 82.5 Å². The molecule has 0 saturated heterocycles. The molecule has 0 heterocycles. The van der Waals surface area contributed by atoms with Crippen LogP contribution < -0.4 is 5.73 Å². The smallest absolute Gasteiger partial charge is 0.0789 e. The van der Waals surface area contributed by atoms with Gasteiger partial charge in [-0.1, -0.05) is 0 Å². The summed E-state index contributed by atoms with van der Waals surface area (Å²) >= 11 is 0. The molecule has 0 fully saturated rings. The quantitative estimate of drug-likeness (QED) is 0.535. The van der Waals surface area contributed by atoms with Gasteiger partial charge in [0.1, 0.15) is 0 Å². The van der Waals surface area contributed by atoms with Crippen molar-refractivity contribution in [1.82, 2.24) is 4.90 Å². The van der Waals surface area contributed by atoms with Gasteiger partial charge in [0.25, 0.3) is 0 Å². The van der Waals surface area contributed by atoms with Crippen LogP contribution in [0.15, 0.2) is 0 Å². The highest BCUT2D eigenvalue weighted by Gasteiger charge is 2.09. The van der Waals surface area contributed by atoms with Crippen LogP contribution in [0.25, 0.3) is 0 Å². The van der Waals surface area contributed by atoms with Crippen LogP contribution in [0.1, 0.15) is 6.42 Å². The first-order chi connectivity index (χ1) is 6.74. The molecule has 0 aliphatic heterocycles. The van der Waals surface area contributed by atoms with E-state index in [2.05, 4.69) is 6.07 Å². The molecule has 82 valence electrons. The van der Waals surface area contributed by atoms with Crippen LogP contribution in [-0.4, -0.2) is 56.0 Å². The summed E-state index contributed by atoms with van der Waals surface area (Å²) in [5.41, 5.74) is 5.30. The van der Waals surface area contributed by atoms with Gasteiger partial charge in [-0.3, -0.25) is 4.90 Å². The molecule has 0 aromatic carbocycles. The Hall–Kier alpha value is -0.670. The number of nitrogens with zero attached hydrogens (tertiary/aromatic N) is 2. The third-order valence-electron chi connectivity index (χ3n) is 1.89.